The summed E-state index contributed by atoms with van der Waals surface area (Å²) in [5.74, 6) is 0. The summed E-state index contributed by atoms with van der Waals surface area (Å²) in [6.45, 7) is 11.5. The lowest BCUT2D eigenvalue weighted by Crippen LogP contribution is -2.50. The van der Waals surface area contributed by atoms with Crippen LogP contribution in [-0.4, -0.2) is 48.8 Å². The van der Waals surface area contributed by atoms with Crippen LogP contribution < -0.4 is 5.32 Å². The second-order valence-electron chi connectivity index (χ2n) is 6.93. The van der Waals surface area contributed by atoms with Crippen molar-refractivity contribution in [2.45, 2.75) is 77.0 Å². The SMILES string of the molecule is CCCCN1CCC(NC2CCOC(C)(C)C2)CC1. The Morgan fingerprint density at radius 3 is 2.53 bits per heavy atom. The Bertz CT molecular complexity index is 259. The number of ether oxygens (including phenoxy) is 1. The first-order valence-electron chi connectivity index (χ1n) is 8.21. The minimum absolute atomic E-state index is 0.0672. The highest BCUT2D eigenvalue weighted by molar-refractivity contribution is 4.87. The second kappa shape index (κ2) is 7.05. The predicted molar refractivity (Wildman–Crippen MR) is 80.6 cm³/mol. The monoisotopic (exact) mass is 268 g/mol. The van der Waals surface area contributed by atoms with Crippen LogP contribution in [0.25, 0.3) is 0 Å². The molecule has 0 spiro atoms. The molecule has 19 heavy (non-hydrogen) atoms. The summed E-state index contributed by atoms with van der Waals surface area (Å²) < 4.78 is 5.80. The van der Waals surface area contributed by atoms with Crippen molar-refractivity contribution in [3.05, 3.63) is 0 Å². The average molecular weight is 268 g/mol. The number of likely N-dealkylation sites (tertiary alicyclic amines) is 1. The first-order chi connectivity index (χ1) is 9.09. The largest absolute Gasteiger partial charge is 0.375 e. The number of nitrogens with zero attached hydrogens (tertiary/aromatic N) is 1. The highest BCUT2D eigenvalue weighted by atomic mass is 16.5. The van der Waals surface area contributed by atoms with E-state index in [0.29, 0.717) is 6.04 Å². The van der Waals surface area contributed by atoms with Crippen molar-refractivity contribution in [2.24, 2.45) is 0 Å². The third kappa shape index (κ3) is 5.05. The molecule has 0 bridgehead atoms. The summed E-state index contributed by atoms with van der Waals surface area (Å²) in [5.41, 5.74) is 0.0672. The van der Waals surface area contributed by atoms with Gasteiger partial charge in [-0.05, 0) is 65.6 Å². The molecule has 0 aromatic carbocycles. The maximum atomic E-state index is 5.80. The average Bonchev–Trinajstić information content (AvgIpc) is 2.37. The maximum absolute atomic E-state index is 5.80. The van der Waals surface area contributed by atoms with Crippen molar-refractivity contribution < 1.29 is 4.74 Å². The molecular weight excluding hydrogens is 236 g/mol. The lowest BCUT2D eigenvalue weighted by molar-refractivity contribution is -0.0649. The van der Waals surface area contributed by atoms with Crippen LogP contribution in [0.3, 0.4) is 0 Å². The first-order valence-corrected chi connectivity index (χ1v) is 8.21. The molecule has 1 unspecified atom stereocenters. The van der Waals surface area contributed by atoms with Crippen LogP contribution in [0.4, 0.5) is 0 Å². The highest BCUT2D eigenvalue weighted by Crippen LogP contribution is 2.25. The van der Waals surface area contributed by atoms with Crippen molar-refractivity contribution in [1.82, 2.24) is 10.2 Å². The Balaban J connectivity index is 1.67. The van der Waals surface area contributed by atoms with Gasteiger partial charge in [-0.15, -0.1) is 0 Å². The zero-order valence-electron chi connectivity index (χ0n) is 13.1. The molecule has 0 amide bonds. The molecule has 2 saturated heterocycles. The van der Waals surface area contributed by atoms with E-state index in [1.807, 2.05) is 0 Å². The van der Waals surface area contributed by atoms with E-state index in [1.54, 1.807) is 0 Å². The molecule has 0 radical (unpaired) electrons. The van der Waals surface area contributed by atoms with Crippen molar-refractivity contribution in [2.75, 3.05) is 26.2 Å². The quantitative estimate of drug-likeness (QED) is 0.830. The van der Waals surface area contributed by atoms with Crippen LogP contribution in [0.2, 0.25) is 0 Å². The van der Waals surface area contributed by atoms with Gasteiger partial charge < -0.3 is 15.0 Å². The molecule has 0 aromatic rings. The molecule has 0 saturated carbocycles. The van der Waals surface area contributed by atoms with E-state index in [0.717, 1.165) is 19.1 Å². The predicted octanol–water partition coefficient (Wildman–Crippen LogP) is 2.80. The van der Waals surface area contributed by atoms with Gasteiger partial charge in [-0.25, -0.2) is 0 Å². The minimum Gasteiger partial charge on any atom is -0.375 e. The van der Waals surface area contributed by atoms with E-state index in [-0.39, 0.29) is 5.60 Å². The summed E-state index contributed by atoms with van der Waals surface area (Å²) in [7, 11) is 0. The van der Waals surface area contributed by atoms with Gasteiger partial charge >= 0.3 is 0 Å². The standard InChI is InChI=1S/C16H32N2O/c1-4-5-9-18-10-6-14(7-11-18)17-15-8-12-19-16(2,3)13-15/h14-15,17H,4-13H2,1-3H3. The topological polar surface area (TPSA) is 24.5 Å². The zero-order valence-corrected chi connectivity index (χ0v) is 13.1. The third-order valence-corrected chi connectivity index (χ3v) is 4.58. The van der Waals surface area contributed by atoms with Crippen LogP contribution >= 0.6 is 0 Å². The Labute approximate surface area is 119 Å². The minimum atomic E-state index is 0.0672. The van der Waals surface area contributed by atoms with E-state index in [4.69, 9.17) is 4.74 Å². The number of rotatable bonds is 5. The molecular formula is C16H32N2O. The molecule has 3 heteroatoms. The van der Waals surface area contributed by atoms with Crippen molar-refractivity contribution in [1.29, 1.82) is 0 Å². The Kier molecular flexibility index (Phi) is 5.67. The number of nitrogens with one attached hydrogen (secondary N) is 1. The van der Waals surface area contributed by atoms with Gasteiger partial charge in [-0.3, -0.25) is 0 Å². The molecule has 2 rings (SSSR count). The summed E-state index contributed by atoms with van der Waals surface area (Å²) in [4.78, 5) is 2.63. The molecule has 2 aliphatic rings. The number of hydrogen-bond donors (Lipinski definition) is 1. The van der Waals surface area contributed by atoms with E-state index >= 15 is 0 Å². The van der Waals surface area contributed by atoms with Gasteiger partial charge in [0.15, 0.2) is 0 Å². The smallest absolute Gasteiger partial charge is 0.0641 e. The van der Waals surface area contributed by atoms with Gasteiger partial charge in [-0.1, -0.05) is 13.3 Å². The Hall–Kier alpha value is -0.120. The van der Waals surface area contributed by atoms with Crippen LogP contribution in [0, 0.1) is 0 Å². The molecule has 112 valence electrons. The Morgan fingerprint density at radius 1 is 1.16 bits per heavy atom. The molecule has 0 aromatic heterocycles. The fourth-order valence-corrected chi connectivity index (χ4v) is 3.41. The van der Waals surface area contributed by atoms with Crippen LogP contribution in [0.15, 0.2) is 0 Å². The van der Waals surface area contributed by atoms with Gasteiger partial charge in [0.25, 0.3) is 0 Å². The summed E-state index contributed by atoms with van der Waals surface area (Å²) in [5, 5.41) is 3.88. The molecule has 1 N–H and O–H groups in total. The maximum Gasteiger partial charge on any atom is 0.0641 e. The van der Waals surface area contributed by atoms with Crippen LogP contribution in [-0.2, 0) is 4.74 Å². The fraction of sp³-hybridized carbons (Fsp3) is 1.00. The van der Waals surface area contributed by atoms with E-state index in [1.165, 1.54) is 51.7 Å². The Morgan fingerprint density at radius 2 is 1.89 bits per heavy atom. The molecule has 0 aliphatic carbocycles. The van der Waals surface area contributed by atoms with Crippen LogP contribution in [0.1, 0.15) is 59.3 Å². The number of hydrogen-bond acceptors (Lipinski definition) is 3. The first kappa shape index (κ1) is 15.3. The van der Waals surface area contributed by atoms with E-state index in [2.05, 4.69) is 31.0 Å². The molecule has 3 nitrogen and oxygen atoms in total. The van der Waals surface area contributed by atoms with Gasteiger partial charge in [0.2, 0.25) is 0 Å². The molecule has 2 aliphatic heterocycles. The van der Waals surface area contributed by atoms with Gasteiger partial charge in [0, 0.05) is 18.7 Å². The lowest BCUT2D eigenvalue weighted by Gasteiger charge is -2.40. The summed E-state index contributed by atoms with van der Waals surface area (Å²) in [6, 6.07) is 1.40. The summed E-state index contributed by atoms with van der Waals surface area (Å²) >= 11 is 0. The van der Waals surface area contributed by atoms with Gasteiger partial charge in [0.05, 0.1) is 5.60 Å². The molecule has 2 fully saturated rings. The number of piperidine rings is 1. The van der Waals surface area contributed by atoms with Gasteiger partial charge in [-0.2, -0.15) is 0 Å². The zero-order chi connectivity index (χ0) is 13.7. The molecule has 1 atom stereocenters. The highest BCUT2D eigenvalue weighted by Gasteiger charge is 2.30. The normalized spacial score (nSPS) is 29.5. The van der Waals surface area contributed by atoms with Crippen molar-refractivity contribution in [3.63, 3.8) is 0 Å². The van der Waals surface area contributed by atoms with Crippen molar-refractivity contribution in [3.8, 4) is 0 Å². The number of unbranched alkanes of at least 4 members (excludes halogenated alkanes) is 1. The second-order valence-corrected chi connectivity index (χ2v) is 6.93. The van der Waals surface area contributed by atoms with E-state index in [9.17, 15) is 0 Å². The van der Waals surface area contributed by atoms with Crippen LogP contribution in [0.5, 0.6) is 0 Å². The summed E-state index contributed by atoms with van der Waals surface area (Å²) in [6.07, 6.45) is 7.65. The fourth-order valence-electron chi connectivity index (χ4n) is 3.41. The van der Waals surface area contributed by atoms with E-state index < -0.39 is 0 Å². The third-order valence-electron chi connectivity index (χ3n) is 4.58. The lowest BCUT2D eigenvalue weighted by atomic mass is 9.92. The van der Waals surface area contributed by atoms with Gasteiger partial charge in [0.1, 0.15) is 0 Å². The van der Waals surface area contributed by atoms with Crippen molar-refractivity contribution >= 4 is 0 Å². The molecule has 2 heterocycles.